The second-order valence-electron chi connectivity index (χ2n) is 6.13. The van der Waals surface area contributed by atoms with Gasteiger partial charge in [-0.25, -0.2) is 0 Å². The van der Waals surface area contributed by atoms with Gasteiger partial charge >= 0.3 is 0 Å². The molecule has 0 radical (unpaired) electrons. The molecule has 0 saturated carbocycles. The van der Waals surface area contributed by atoms with Crippen LogP contribution in [0.3, 0.4) is 0 Å². The van der Waals surface area contributed by atoms with E-state index in [1.165, 1.54) is 29.3 Å². The molecule has 2 rings (SSSR count). The normalized spacial score (nSPS) is 14.6. The van der Waals surface area contributed by atoms with Crippen LogP contribution in [0.4, 0.5) is 0 Å². The third-order valence-electron chi connectivity index (χ3n) is 4.15. The minimum absolute atomic E-state index is 0.277. The van der Waals surface area contributed by atoms with Gasteiger partial charge in [-0.15, -0.1) is 0 Å². The lowest BCUT2D eigenvalue weighted by Gasteiger charge is -2.13. The quantitative estimate of drug-likeness (QED) is 0.798. The van der Waals surface area contributed by atoms with Gasteiger partial charge in [-0.1, -0.05) is 33.3 Å². The fraction of sp³-hybridized carbons (Fsp3) is 0.556. The molecule has 0 fully saturated rings. The first-order valence-electron chi connectivity index (χ1n) is 7.97. The van der Waals surface area contributed by atoms with Crippen LogP contribution in [-0.4, -0.2) is 10.6 Å². The average Bonchev–Trinajstić information content (AvgIpc) is 2.81. The van der Waals surface area contributed by atoms with Crippen molar-refractivity contribution in [2.45, 2.75) is 59.0 Å². The summed E-state index contributed by atoms with van der Waals surface area (Å²) in [6.07, 6.45) is 6.79. The third-order valence-corrected chi connectivity index (χ3v) is 4.15. The maximum Gasteiger partial charge on any atom is 0.0480 e. The predicted molar refractivity (Wildman–Crippen MR) is 88.0 cm³/mol. The zero-order chi connectivity index (χ0) is 14.5. The number of hydrogen-bond donors (Lipinski definition) is 1. The van der Waals surface area contributed by atoms with Crippen LogP contribution >= 0.6 is 0 Å². The molecule has 0 saturated heterocycles. The highest BCUT2D eigenvalue weighted by atomic mass is 15.0. The molecule has 0 aliphatic heterocycles. The molecule has 2 aromatic rings. The van der Waals surface area contributed by atoms with E-state index >= 15 is 0 Å². The van der Waals surface area contributed by atoms with Gasteiger partial charge in [0.2, 0.25) is 0 Å². The second-order valence-corrected chi connectivity index (χ2v) is 6.13. The summed E-state index contributed by atoms with van der Waals surface area (Å²) in [5, 5.41) is 1.34. The lowest BCUT2D eigenvalue weighted by molar-refractivity contribution is 0.453. The first kappa shape index (κ1) is 15.1. The van der Waals surface area contributed by atoms with Crippen LogP contribution in [0.25, 0.3) is 10.9 Å². The van der Waals surface area contributed by atoms with E-state index in [4.69, 9.17) is 5.73 Å². The smallest absolute Gasteiger partial charge is 0.0480 e. The molecule has 0 aliphatic carbocycles. The van der Waals surface area contributed by atoms with E-state index in [2.05, 4.69) is 55.8 Å². The molecular formula is C18H28N2. The zero-order valence-electron chi connectivity index (χ0n) is 13.1. The molecule has 2 heteroatoms. The molecule has 0 bridgehead atoms. The van der Waals surface area contributed by atoms with E-state index in [1.807, 2.05) is 0 Å². The van der Waals surface area contributed by atoms with Gasteiger partial charge < -0.3 is 10.3 Å². The van der Waals surface area contributed by atoms with Crippen molar-refractivity contribution >= 4 is 10.9 Å². The maximum atomic E-state index is 6.05. The van der Waals surface area contributed by atoms with Crippen LogP contribution in [0.2, 0.25) is 0 Å². The molecule has 1 aromatic carbocycles. The van der Waals surface area contributed by atoms with Gasteiger partial charge in [0.05, 0.1) is 0 Å². The first-order valence-corrected chi connectivity index (χ1v) is 7.97. The number of fused-ring (bicyclic) bond motifs is 1. The summed E-state index contributed by atoms with van der Waals surface area (Å²) in [4.78, 5) is 0. The molecule has 2 nitrogen and oxygen atoms in total. The molecule has 2 unspecified atom stereocenters. The van der Waals surface area contributed by atoms with E-state index in [9.17, 15) is 0 Å². The van der Waals surface area contributed by atoms with Crippen molar-refractivity contribution in [1.82, 2.24) is 4.57 Å². The summed E-state index contributed by atoms with van der Waals surface area (Å²) in [5.74, 6) is 0.740. The summed E-state index contributed by atoms with van der Waals surface area (Å²) in [6, 6.07) is 9.30. The number of nitrogens with zero attached hydrogens (tertiary/aromatic N) is 1. The SMILES string of the molecule is CCCC(C)Cn1ccc2cc(CC(N)CC)ccc21. The number of rotatable bonds is 7. The Hall–Kier alpha value is -1.28. The molecule has 20 heavy (non-hydrogen) atoms. The van der Waals surface area contributed by atoms with Crippen molar-refractivity contribution < 1.29 is 0 Å². The molecule has 0 spiro atoms. The molecule has 2 atom stereocenters. The molecular weight excluding hydrogens is 244 g/mol. The molecule has 110 valence electrons. The van der Waals surface area contributed by atoms with Crippen molar-refractivity contribution in [3.8, 4) is 0 Å². The van der Waals surface area contributed by atoms with Crippen LogP contribution in [0.15, 0.2) is 30.5 Å². The van der Waals surface area contributed by atoms with E-state index in [1.54, 1.807) is 0 Å². The molecule has 1 aromatic heterocycles. The van der Waals surface area contributed by atoms with E-state index < -0.39 is 0 Å². The Bertz CT molecular complexity index is 541. The average molecular weight is 272 g/mol. The Kier molecular flexibility index (Phi) is 5.24. The van der Waals surface area contributed by atoms with Crippen LogP contribution in [0, 0.1) is 5.92 Å². The minimum Gasteiger partial charge on any atom is -0.347 e. The van der Waals surface area contributed by atoms with Crippen molar-refractivity contribution in [3.05, 3.63) is 36.0 Å². The Labute approximate surface area is 123 Å². The van der Waals surface area contributed by atoms with Gasteiger partial charge in [0, 0.05) is 24.3 Å². The summed E-state index contributed by atoms with van der Waals surface area (Å²) in [5.41, 5.74) is 8.75. The van der Waals surface area contributed by atoms with Crippen molar-refractivity contribution in [1.29, 1.82) is 0 Å². The van der Waals surface area contributed by atoms with Crippen LogP contribution < -0.4 is 5.73 Å². The van der Waals surface area contributed by atoms with Crippen LogP contribution in [0.1, 0.15) is 45.6 Å². The summed E-state index contributed by atoms with van der Waals surface area (Å²) in [7, 11) is 0. The summed E-state index contributed by atoms with van der Waals surface area (Å²) < 4.78 is 2.39. The van der Waals surface area contributed by atoms with Gasteiger partial charge in [-0.05, 0) is 54.3 Å². The monoisotopic (exact) mass is 272 g/mol. The Morgan fingerprint density at radius 3 is 2.70 bits per heavy atom. The first-order chi connectivity index (χ1) is 9.63. The Balaban J connectivity index is 2.16. The van der Waals surface area contributed by atoms with Gasteiger partial charge in [-0.3, -0.25) is 0 Å². The topological polar surface area (TPSA) is 30.9 Å². The number of benzene rings is 1. The largest absolute Gasteiger partial charge is 0.347 e. The lowest BCUT2D eigenvalue weighted by atomic mass is 10.0. The standard InChI is InChI=1S/C18H28N2/c1-4-6-14(3)13-20-10-9-16-11-15(7-8-18(16)20)12-17(19)5-2/h7-11,14,17H,4-6,12-13,19H2,1-3H3. The zero-order valence-corrected chi connectivity index (χ0v) is 13.1. The van der Waals surface area contributed by atoms with Crippen molar-refractivity contribution in [2.75, 3.05) is 0 Å². The third kappa shape index (κ3) is 3.63. The molecule has 0 amide bonds. The molecule has 2 N–H and O–H groups in total. The summed E-state index contributed by atoms with van der Waals surface area (Å²) in [6.45, 7) is 7.86. The summed E-state index contributed by atoms with van der Waals surface area (Å²) >= 11 is 0. The van der Waals surface area contributed by atoms with E-state index in [-0.39, 0.29) is 6.04 Å². The second kappa shape index (κ2) is 6.94. The van der Waals surface area contributed by atoms with Crippen LogP contribution in [-0.2, 0) is 13.0 Å². The number of hydrogen-bond acceptors (Lipinski definition) is 1. The van der Waals surface area contributed by atoms with Crippen LogP contribution in [0.5, 0.6) is 0 Å². The van der Waals surface area contributed by atoms with E-state index in [0.717, 1.165) is 25.3 Å². The van der Waals surface area contributed by atoms with Gasteiger partial charge in [-0.2, -0.15) is 0 Å². The fourth-order valence-electron chi connectivity index (χ4n) is 2.90. The van der Waals surface area contributed by atoms with Gasteiger partial charge in [0.15, 0.2) is 0 Å². The fourth-order valence-corrected chi connectivity index (χ4v) is 2.90. The Morgan fingerprint density at radius 2 is 2.00 bits per heavy atom. The Morgan fingerprint density at radius 1 is 1.20 bits per heavy atom. The van der Waals surface area contributed by atoms with Crippen molar-refractivity contribution in [3.63, 3.8) is 0 Å². The number of aromatic nitrogens is 1. The number of nitrogens with two attached hydrogens (primary N) is 1. The van der Waals surface area contributed by atoms with E-state index in [0.29, 0.717) is 0 Å². The maximum absolute atomic E-state index is 6.05. The molecule has 0 aliphatic rings. The van der Waals surface area contributed by atoms with Gasteiger partial charge in [0.25, 0.3) is 0 Å². The lowest BCUT2D eigenvalue weighted by Crippen LogP contribution is -2.21. The molecule has 1 heterocycles. The minimum atomic E-state index is 0.277. The highest BCUT2D eigenvalue weighted by Gasteiger charge is 2.07. The highest BCUT2D eigenvalue weighted by molar-refractivity contribution is 5.80. The van der Waals surface area contributed by atoms with Gasteiger partial charge in [0.1, 0.15) is 0 Å². The highest BCUT2D eigenvalue weighted by Crippen LogP contribution is 2.21. The predicted octanol–water partition coefficient (Wildman–Crippen LogP) is 4.36. The van der Waals surface area contributed by atoms with Crippen molar-refractivity contribution in [2.24, 2.45) is 11.7 Å².